The fraction of sp³-hybridized carbons (Fsp3) is 0.133. The molecule has 6 heteroatoms. The maximum atomic E-state index is 13.1. The molecule has 0 aliphatic rings. The van der Waals surface area contributed by atoms with Crippen molar-refractivity contribution in [2.75, 3.05) is 5.32 Å². The minimum Gasteiger partial charge on any atom is -0.324 e. The molecule has 3 nitrogen and oxygen atoms in total. The number of benzene rings is 2. The molecular formula is C15H13F3N2O. The molecule has 0 saturated carbocycles. The van der Waals surface area contributed by atoms with Gasteiger partial charge in [0.1, 0.15) is 5.54 Å². The summed E-state index contributed by atoms with van der Waals surface area (Å²) in [5, 5.41) is 2.28. The van der Waals surface area contributed by atoms with Crippen molar-refractivity contribution in [3.63, 3.8) is 0 Å². The Bertz CT molecular complexity index is 649. The molecule has 0 aromatic heterocycles. The van der Waals surface area contributed by atoms with Gasteiger partial charge < -0.3 is 11.1 Å². The van der Waals surface area contributed by atoms with Crippen LogP contribution in [0.5, 0.6) is 0 Å². The van der Waals surface area contributed by atoms with Crippen molar-refractivity contribution in [1.29, 1.82) is 0 Å². The average molecular weight is 294 g/mol. The predicted octanol–water partition coefficient (Wildman–Crippen LogP) is 2.92. The second kappa shape index (κ2) is 5.57. The van der Waals surface area contributed by atoms with Crippen LogP contribution in [0.25, 0.3) is 0 Å². The van der Waals surface area contributed by atoms with E-state index in [4.69, 9.17) is 5.73 Å². The van der Waals surface area contributed by atoms with Crippen LogP contribution in [0.2, 0.25) is 0 Å². The summed E-state index contributed by atoms with van der Waals surface area (Å²) in [7, 11) is 0. The molecule has 2 rings (SSSR count). The molecule has 1 atom stereocenters. The van der Waals surface area contributed by atoms with Gasteiger partial charge in [-0.05, 0) is 12.5 Å². The van der Waals surface area contributed by atoms with Crippen molar-refractivity contribution < 1.29 is 18.0 Å². The number of amides is 1. The summed E-state index contributed by atoms with van der Waals surface area (Å²) in [5.41, 5.74) is 4.89. The average Bonchev–Trinajstić information content (AvgIpc) is 2.45. The number of carbonyl (C=O) groups is 1. The minimum absolute atomic E-state index is 0.205. The molecule has 0 heterocycles. The molecule has 0 saturated heterocycles. The van der Waals surface area contributed by atoms with E-state index < -0.39 is 28.9 Å². The van der Waals surface area contributed by atoms with Gasteiger partial charge in [-0.25, -0.2) is 13.2 Å². The van der Waals surface area contributed by atoms with E-state index in [1.165, 1.54) is 6.92 Å². The topological polar surface area (TPSA) is 55.1 Å². The lowest BCUT2D eigenvalue weighted by atomic mass is 9.92. The Morgan fingerprint density at radius 3 is 2.14 bits per heavy atom. The first kappa shape index (κ1) is 15.1. The molecule has 110 valence electrons. The fourth-order valence-corrected chi connectivity index (χ4v) is 1.80. The molecule has 2 aromatic rings. The Balaban J connectivity index is 2.26. The van der Waals surface area contributed by atoms with Crippen LogP contribution in [-0.2, 0) is 10.3 Å². The highest BCUT2D eigenvalue weighted by Crippen LogP contribution is 2.22. The highest BCUT2D eigenvalue weighted by atomic mass is 19.2. The maximum absolute atomic E-state index is 13.1. The van der Waals surface area contributed by atoms with Crippen LogP contribution in [0.3, 0.4) is 0 Å². The zero-order valence-electron chi connectivity index (χ0n) is 11.2. The second-order valence-electron chi connectivity index (χ2n) is 4.78. The van der Waals surface area contributed by atoms with E-state index in [1.807, 2.05) is 0 Å². The number of nitrogens with two attached hydrogens (primary N) is 1. The zero-order chi connectivity index (χ0) is 15.6. The SMILES string of the molecule is CC(N)(C(=O)Nc1cc(F)c(F)c(F)c1)c1ccccc1. The Hall–Kier alpha value is -2.34. The van der Waals surface area contributed by atoms with Gasteiger partial charge in [-0.3, -0.25) is 4.79 Å². The van der Waals surface area contributed by atoms with Crippen LogP contribution in [0.4, 0.5) is 18.9 Å². The smallest absolute Gasteiger partial charge is 0.248 e. The fourth-order valence-electron chi connectivity index (χ4n) is 1.80. The van der Waals surface area contributed by atoms with Crippen LogP contribution in [-0.4, -0.2) is 5.91 Å². The van der Waals surface area contributed by atoms with E-state index >= 15 is 0 Å². The molecule has 0 spiro atoms. The second-order valence-corrected chi connectivity index (χ2v) is 4.78. The first-order chi connectivity index (χ1) is 9.82. The standard InChI is InChI=1S/C15H13F3N2O/c1-15(19,9-5-3-2-4-6-9)14(21)20-10-7-11(16)13(18)12(17)8-10/h2-8H,19H2,1H3,(H,20,21). The number of rotatable bonds is 3. The lowest BCUT2D eigenvalue weighted by Crippen LogP contribution is -2.45. The van der Waals surface area contributed by atoms with Gasteiger partial charge in [0.2, 0.25) is 5.91 Å². The Kier molecular flexibility index (Phi) is 3.99. The monoisotopic (exact) mass is 294 g/mol. The van der Waals surface area contributed by atoms with Crippen LogP contribution in [0, 0.1) is 17.5 Å². The molecule has 2 aromatic carbocycles. The van der Waals surface area contributed by atoms with Crippen molar-refractivity contribution in [2.45, 2.75) is 12.5 Å². The zero-order valence-corrected chi connectivity index (χ0v) is 11.2. The molecule has 0 aliphatic carbocycles. The number of nitrogens with one attached hydrogen (secondary N) is 1. The van der Waals surface area contributed by atoms with Crippen molar-refractivity contribution in [1.82, 2.24) is 0 Å². The summed E-state index contributed by atoms with van der Waals surface area (Å²) in [6, 6.07) is 9.89. The lowest BCUT2D eigenvalue weighted by molar-refractivity contribution is -0.120. The Labute approximate surface area is 119 Å². The van der Waals surface area contributed by atoms with Crippen LogP contribution < -0.4 is 11.1 Å². The third-order valence-electron chi connectivity index (χ3n) is 3.09. The molecular weight excluding hydrogens is 281 g/mol. The Morgan fingerprint density at radius 1 is 1.10 bits per heavy atom. The van der Waals surface area contributed by atoms with E-state index in [-0.39, 0.29) is 5.69 Å². The summed E-state index contributed by atoms with van der Waals surface area (Å²) in [4.78, 5) is 12.2. The van der Waals surface area contributed by atoms with Crippen LogP contribution >= 0.6 is 0 Å². The van der Waals surface area contributed by atoms with E-state index in [9.17, 15) is 18.0 Å². The molecule has 0 radical (unpaired) electrons. The molecule has 3 N–H and O–H groups in total. The summed E-state index contributed by atoms with van der Waals surface area (Å²) in [5.74, 6) is -5.03. The molecule has 0 aliphatic heterocycles. The van der Waals surface area contributed by atoms with Crippen molar-refractivity contribution in [3.8, 4) is 0 Å². The largest absolute Gasteiger partial charge is 0.324 e. The van der Waals surface area contributed by atoms with Crippen LogP contribution in [0.15, 0.2) is 42.5 Å². The number of halogens is 3. The normalized spacial score (nSPS) is 13.6. The van der Waals surface area contributed by atoms with Gasteiger partial charge >= 0.3 is 0 Å². The van der Waals surface area contributed by atoms with Crippen molar-refractivity contribution >= 4 is 11.6 Å². The molecule has 1 unspecified atom stereocenters. The van der Waals surface area contributed by atoms with Crippen molar-refractivity contribution in [3.05, 3.63) is 65.5 Å². The van der Waals surface area contributed by atoms with Gasteiger partial charge in [0.15, 0.2) is 17.5 Å². The van der Waals surface area contributed by atoms with Gasteiger partial charge in [-0.15, -0.1) is 0 Å². The van der Waals surface area contributed by atoms with E-state index in [0.29, 0.717) is 17.7 Å². The number of anilines is 1. The first-order valence-corrected chi connectivity index (χ1v) is 6.13. The van der Waals surface area contributed by atoms with Gasteiger partial charge in [0.05, 0.1) is 0 Å². The number of hydrogen-bond donors (Lipinski definition) is 2. The van der Waals surface area contributed by atoms with Gasteiger partial charge in [-0.2, -0.15) is 0 Å². The number of hydrogen-bond acceptors (Lipinski definition) is 2. The lowest BCUT2D eigenvalue weighted by Gasteiger charge is -2.24. The molecule has 1 amide bonds. The molecule has 0 fully saturated rings. The minimum atomic E-state index is -1.59. The molecule has 21 heavy (non-hydrogen) atoms. The summed E-state index contributed by atoms with van der Waals surface area (Å²) < 4.78 is 39.1. The third kappa shape index (κ3) is 3.05. The van der Waals surface area contributed by atoms with E-state index in [0.717, 1.165) is 0 Å². The third-order valence-corrected chi connectivity index (χ3v) is 3.09. The predicted molar refractivity (Wildman–Crippen MR) is 72.9 cm³/mol. The summed E-state index contributed by atoms with van der Waals surface area (Å²) in [6.07, 6.45) is 0. The van der Waals surface area contributed by atoms with E-state index in [1.54, 1.807) is 30.3 Å². The van der Waals surface area contributed by atoms with Gasteiger partial charge in [-0.1, -0.05) is 30.3 Å². The van der Waals surface area contributed by atoms with Gasteiger partial charge in [0, 0.05) is 17.8 Å². The molecule has 0 bridgehead atoms. The van der Waals surface area contributed by atoms with Gasteiger partial charge in [0.25, 0.3) is 0 Å². The number of carbonyl (C=O) groups excluding carboxylic acids is 1. The summed E-state index contributed by atoms with van der Waals surface area (Å²) in [6.45, 7) is 1.47. The first-order valence-electron chi connectivity index (χ1n) is 6.13. The maximum Gasteiger partial charge on any atom is 0.248 e. The van der Waals surface area contributed by atoms with Crippen molar-refractivity contribution in [2.24, 2.45) is 5.73 Å². The highest BCUT2D eigenvalue weighted by Gasteiger charge is 2.30. The van der Waals surface area contributed by atoms with Crippen LogP contribution in [0.1, 0.15) is 12.5 Å². The highest BCUT2D eigenvalue weighted by molar-refractivity contribution is 5.98. The summed E-state index contributed by atoms with van der Waals surface area (Å²) >= 11 is 0. The quantitative estimate of drug-likeness (QED) is 0.855. The Morgan fingerprint density at radius 2 is 1.62 bits per heavy atom. The van der Waals surface area contributed by atoms with E-state index in [2.05, 4.69) is 5.32 Å².